The third-order valence-corrected chi connectivity index (χ3v) is 4.70. The number of carbonyl (C=O) groups excluding carboxylic acids is 1. The van der Waals surface area contributed by atoms with Crippen LogP contribution < -0.4 is 0 Å². The fraction of sp³-hybridized carbons (Fsp3) is 0.250. The largest absolute Gasteiger partial charge is 0.297 e. The zero-order valence-corrected chi connectivity index (χ0v) is 10.2. The van der Waals surface area contributed by atoms with Crippen LogP contribution in [0.4, 0.5) is 4.39 Å². The molecule has 0 radical (unpaired) electrons. The first-order chi connectivity index (χ1) is 7.81. The Bertz CT molecular complexity index is 412. The van der Waals surface area contributed by atoms with E-state index in [9.17, 15) is 9.18 Å². The third kappa shape index (κ3) is 2.68. The van der Waals surface area contributed by atoms with Gasteiger partial charge in [0.15, 0.2) is 6.29 Å². The van der Waals surface area contributed by atoms with Crippen molar-refractivity contribution in [2.75, 3.05) is 11.5 Å². The first-order valence-corrected chi connectivity index (χ1v) is 6.99. The molecule has 0 saturated heterocycles. The molecule has 0 aromatic heterocycles. The predicted octanol–water partition coefficient (Wildman–Crippen LogP) is 3.56. The number of hydrogen-bond acceptors (Lipinski definition) is 3. The number of benzene rings is 1. The van der Waals surface area contributed by atoms with Crippen molar-refractivity contribution in [2.24, 2.45) is 0 Å². The summed E-state index contributed by atoms with van der Waals surface area (Å²) in [5, 5.41) is 0. The topological polar surface area (TPSA) is 17.1 Å². The van der Waals surface area contributed by atoms with E-state index in [0.717, 1.165) is 39.6 Å². The van der Waals surface area contributed by atoms with Gasteiger partial charge in [0.05, 0.1) is 4.91 Å². The number of allylic oxidation sites excluding steroid dienone is 1. The Morgan fingerprint density at radius 3 is 2.50 bits per heavy atom. The van der Waals surface area contributed by atoms with E-state index >= 15 is 0 Å². The highest BCUT2D eigenvalue weighted by Crippen LogP contribution is 2.38. The number of rotatable bonds is 2. The van der Waals surface area contributed by atoms with Gasteiger partial charge >= 0.3 is 0 Å². The van der Waals surface area contributed by atoms with E-state index in [1.807, 2.05) is 0 Å². The summed E-state index contributed by atoms with van der Waals surface area (Å²) in [7, 11) is 0. The van der Waals surface area contributed by atoms with Crippen molar-refractivity contribution in [2.45, 2.75) is 6.42 Å². The Hall–Kier alpha value is -0.740. The van der Waals surface area contributed by atoms with E-state index in [2.05, 4.69) is 0 Å². The molecule has 1 aromatic carbocycles. The van der Waals surface area contributed by atoms with Crippen LogP contribution >= 0.6 is 23.5 Å². The van der Waals surface area contributed by atoms with Crippen molar-refractivity contribution in [3.8, 4) is 0 Å². The van der Waals surface area contributed by atoms with E-state index < -0.39 is 0 Å². The summed E-state index contributed by atoms with van der Waals surface area (Å²) in [4.78, 5) is 12.8. The molecule has 1 heterocycles. The van der Waals surface area contributed by atoms with Crippen LogP contribution in [0.3, 0.4) is 0 Å². The molecule has 0 atom stereocenters. The predicted molar refractivity (Wildman–Crippen MR) is 68.9 cm³/mol. The minimum atomic E-state index is -0.247. The summed E-state index contributed by atoms with van der Waals surface area (Å²) >= 11 is 3.27. The second-order valence-electron chi connectivity index (χ2n) is 3.37. The average molecular weight is 254 g/mol. The van der Waals surface area contributed by atoms with Gasteiger partial charge in [0, 0.05) is 4.91 Å². The molecule has 0 saturated carbocycles. The van der Waals surface area contributed by atoms with Crippen molar-refractivity contribution < 1.29 is 9.18 Å². The molecular weight excluding hydrogens is 243 g/mol. The second-order valence-corrected chi connectivity index (χ2v) is 5.61. The summed E-state index contributed by atoms with van der Waals surface area (Å²) in [5.41, 5.74) is 0.933. The monoisotopic (exact) mass is 254 g/mol. The van der Waals surface area contributed by atoms with Gasteiger partial charge in [-0.3, -0.25) is 4.79 Å². The maximum Gasteiger partial charge on any atom is 0.157 e. The van der Waals surface area contributed by atoms with E-state index in [-0.39, 0.29) is 5.82 Å². The average Bonchev–Trinajstić information content (AvgIpc) is 2.55. The summed E-state index contributed by atoms with van der Waals surface area (Å²) in [5.74, 6) is 1.74. The van der Waals surface area contributed by atoms with Gasteiger partial charge in [-0.15, -0.1) is 23.5 Å². The molecule has 0 unspecified atom stereocenters. The lowest BCUT2D eigenvalue weighted by molar-refractivity contribution is -0.104. The molecular formula is C12H11FOS2. The standard InChI is InChI=1S/C12H11FOS2/c13-10-4-2-9(3-5-10)12-11(8-14)15-6-1-7-16-12/h2-5,8H,1,6-7H2. The molecule has 0 bridgehead atoms. The molecule has 0 aliphatic carbocycles. The van der Waals surface area contributed by atoms with Crippen molar-refractivity contribution in [1.82, 2.24) is 0 Å². The molecule has 1 aromatic rings. The van der Waals surface area contributed by atoms with Crippen LogP contribution in [0, 0.1) is 5.82 Å². The highest BCUT2D eigenvalue weighted by Gasteiger charge is 2.13. The minimum Gasteiger partial charge on any atom is -0.297 e. The first-order valence-electron chi connectivity index (χ1n) is 5.02. The summed E-state index contributed by atoms with van der Waals surface area (Å²) < 4.78 is 12.8. The number of halogens is 1. The van der Waals surface area contributed by atoms with Crippen molar-refractivity contribution in [3.05, 3.63) is 40.6 Å². The molecule has 2 rings (SSSR count). The molecule has 0 fully saturated rings. The van der Waals surface area contributed by atoms with Crippen LogP contribution in [-0.2, 0) is 4.79 Å². The van der Waals surface area contributed by atoms with E-state index in [1.54, 1.807) is 35.7 Å². The van der Waals surface area contributed by atoms with Crippen LogP contribution in [0.1, 0.15) is 12.0 Å². The van der Waals surface area contributed by atoms with E-state index in [4.69, 9.17) is 0 Å². The smallest absolute Gasteiger partial charge is 0.157 e. The highest BCUT2D eigenvalue weighted by atomic mass is 32.2. The first kappa shape index (κ1) is 11.7. The van der Waals surface area contributed by atoms with E-state index in [0.29, 0.717) is 0 Å². The minimum absolute atomic E-state index is 0.247. The molecule has 1 nitrogen and oxygen atoms in total. The molecule has 0 N–H and O–H groups in total. The number of carbonyl (C=O) groups is 1. The van der Waals surface area contributed by atoms with Crippen molar-refractivity contribution in [1.29, 1.82) is 0 Å². The van der Waals surface area contributed by atoms with Gasteiger partial charge < -0.3 is 0 Å². The lowest BCUT2D eigenvalue weighted by Crippen LogP contribution is -1.87. The molecule has 0 spiro atoms. The van der Waals surface area contributed by atoms with Crippen LogP contribution in [0.5, 0.6) is 0 Å². The highest BCUT2D eigenvalue weighted by molar-refractivity contribution is 8.11. The van der Waals surface area contributed by atoms with Gasteiger partial charge in [-0.05, 0) is 35.6 Å². The Kier molecular flexibility index (Phi) is 4.07. The summed E-state index contributed by atoms with van der Waals surface area (Å²) in [6.07, 6.45) is 2.00. The second kappa shape index (κ2) is 5.55. The lowest BCUT2D eigenvalue weighted by Gasteiger charge is -2.07. The van der Waals surface area contributed by atoms with Gasteiger partial charge in [-0.2, -0.15) is 0 Å². The van der Waals surface area contributed by atoms with Gasteiger partial charge in [-0.1, -0.05) is 12.1 Å². The zero-order valence-electron chi connectivity index (χ0n) is 8.61. The number of aldehydes is 1. The van der Waals surface area contributed by atoms with Gasteiger partial charge in [0.2, 0.25) is 0 Å². The quantitative estimate of drug-likeness (QED) is 0.751. The third-order valence-electron chi connectivity index (χ3n) is 2.23. The SMILES string of the molecule is O=CC1=C(c2ccc(F)cc2)SCCCS1. The summed E-state index contributed by atoms with van der Waals surface area (Å²) in [6.45, 7) is 0. The van der Waals surface area contributed by atoms with Crippen LogP contribution in [-0.4, -0.2) is 17.8 Å². The van der Waals surface area contributed by atoms with Crippen molar-refractivity contribution in [3.63, 3.8) is 0 Å². The fourth-order valence-electron chi connectivity index (χ4n) is 1.47. The molecule has 4 heteroatoms. The van der Waals surface area contributed by atoms with Gasteiger partial charge in [-0.25, -0.2) is 4.39 Å². The molecule has 0 amide bonds. The van der Waals surface area contributed by atoms with Crippen LogP contribution in [0.15, 0.2) is 29.2 Å². The molecule has 1 aliphatic heterocycles. The summed E-state index contributed by atoms with van der Waals surface area (Å²) in [6, 6.07) is 6.32. The molecule has 1 aliphatic rings. The number of hydrogen-bond donors (Lipinski definition) is 0. The van der Waals surface area contributed by atoms with Gasteiger partial charge in [0.1, 0.15) is 5.82 Å². The Balaban J connectivity index is 2.38. The lowest BCUT2D eigenvalue weighted by atomic mass is 10.2. The maximum absolute atomic E-state index is 12.8. The molecule has 84 valence electrons. The maximum atomic E-state index is 12.8. The van der Waals surface area contributed by atoms with Gasteiger partial charge in [0.25, 0.3) is 0 Å². The van der Waals surface area contributed by atoms with E-state index in [1.165, 1.54) is 12.1 Å². The number of thioether (sulfide) groups is 2. The Morgan fingerprint density at radius 2 is 1.81 bits per heavy atom. The Morgan fingerprint density at radius 1 is 1.12 bits per heavy atom. The normalized spacial score (nSPS) is 17.1. The van der Waals surface area contributed by atoms with Crippen molar-refractivity contribution >= 4 is 34.7 Å². The fourth-order valence-corrected chi connectivity index (χ4v) is 3.81. The molecule has 16 heavy (non-hydrogen) atoms. The zero-order chi connectivity index (χ0) is 11.4. The van der Waals surface area contributed by atoms with Crippen LogP contribution in [0.25, 0.3) is 4.91 Å². The van der Waals surface area contributed by atoms with Crippen LogP contribution in [0.2, 0.25) is 0 Å². The Labute approximate surface area is 102 Å².